The van der Waals surface area contributed by atoms with Crippen molar-refractivity contribution in [3.05, 3.63) is 48.2 Å². The number of benzene rings is 1. The summed E-state index contributed by atoms with van der Waals surface area (Å²) >= 11 is 0. The average Bonchev–Trinajstić information content (AvgIpc) is 3.00. The zero-order valence-corrected chi connectivity index (χ0v) is 13.6. The van der Waals surface area contributed by atoms with Gasteiger partial charge < -0.3 is 9.64 Å². The van der Waals surface area contributed by atoms with E-state index >= 15 is 0 Å². The van der Waals surface area contributed by atoms with Crippen LogP contribution in [-0.2, 0) is 0 Å². The zero-order valence-electron chi connectivity index (χ0n) is 13.6. The van der Waals surface area contributed by atoms with Crippen molar-refractivity contribution in [3.8, 4) is 5.75 Å². The van der Waals surface area contributed by atoms with Gasteiger partial charge in [-0.05, 0) is 36.2 Å². The Labute approximate surface area is 138 Å². The van der Waals surface area contributed by atoms with Gasteiger partial charge in [-0.2, -0.15) is 9.61 Å². The summed E-state index contributed by atoms with van der Waals surface area (Å²) in [7, 11) is 0. The summed E-state index contributed by atoms with van der Waals surface area (Å²) in [6.07, 6.45) is 1.70. The molecule has 1 aromatic carbocycles. The Morgan fingerprint density at radius 1 is 1.21 bits per heavy atom. The van der Waals surface area contributed by atoms with Crippen molar-refractivity contribution in [1.29, 1.82) is 0 Å². The minimum atomic E-state index is -0.259. The number of hydrogen-bond acceptors (Lipinski definition) is 5. The number of ether oxygens (including phenoxy) is 1. The van der Waals surface area contributed by atoms with Crippen molar-refractivity contribution in [2.75, 3.05) is 18.0 Å². The third kappa shape index (κ3) is 2.66. The van der Waals surface area contributed by atoms with Gasteiger partial charge in [-0.1, -0.05) is 13.8 Å². The highest BCUT2D eigenvalue weighted by Gasteiger charge is 2.31. The van der Waals surface area contributed by atoms with Crippen LogP contribution in [0.3, 0.4) is 0 Å². The summed E-state index contributed by atoms with van der Waals surface area (Å²) in [5.74, 6) is 0.749. The van der Waals surface area contributed by atoms with Crippen molar-refractivity contribution in [1.82, 2.24) is 19.8 Å². The molecule has 0 saturated carbocycles. The van der Waals surface area contributed by atoms with Crippen molar-refractivity contribution in [2.45, 2.75) is 25.9 Å². The molecular weight excluding hydrogens is 309 g/mol. The normalized spacial score (nSPS) is 15.1. The molecular formula is C17H18FN5O. The number of halogens is 1. The molecule has 2 aromatic heterocycles. The van der Waals surface area contributed by atoms with Crippen molar-refractivity contribution >= 4 is 11.3 Å². The lowest BCUT2D eigenvalue weighted by Crippen LogP contribution is -2.54. The van der Waals surface area contributed by atoms with E-state index in [-0.39, 0.29) is 11.9 Å². The number of aromatic nitrogens is 4. The summed E-state index contributed by atoms with van der Waals surface area (Å²) < 4.78 is 20.5. The second kappa shape index (κ2) is 5.74. The van der Waals surface area contributed by atoms with Crippen LogP contribution in [0.15, 0.2) is 36.7 Å². The van der Waals surface area contributed by atoms with Crippen LogP contribution in [0.5, 0.6) is 5.75 Å². The van der Waals surface area contributed by atoms with Crippen LogP contribution in [0.4, 0.5) is 10.1 Å². The molecule has 0 N–H and O–H groups in total. The fourth-order valence-corrected chi connectivity index (χ4v) is 2.76. The van der Waals surface area contributed by atoms with E-state index in [1.54, 1.807) is 23.0 Å². The van der Waals surface area contributed by atoms with E-state index in [0.29, 0.717) is 11.7 Å². The topological polar surface area (TPSA) is 55.5 Å². The van der Waals surface area contributed by atoms with Crippen molar-refractivity contribution < 1.29 is 9.13 Å². The van der Waals surface area contributed by atoms with Crippen LogP contribution in [0.25, 0.3) is 5.65 Å². The molecule has 0 unspecified atom stereocenters. The van der Waals surface area contributed by atoms with Gasteiger partial charge in [0.1, 0.15) is 24.0 Å². The summed E-state index contributed by atoms with van der Waals surface area (Å²) in [6.45, 7) is 5.72. The van der Waals surface area contributed by atoms with Gasteiger partial charge in [0.2, 0.25) is 5.65 Å². The predicted molar refractivity (Wildman–Crippen MR) is 87.9 cm³/mol. The molecule has 0 bridgehead atoms. The molecule has 1 aliphatic heterocycles. The maximum atomic E-state index is 12.9. The van der Waals surface area contributed by atoms with Gasteiger partial charge in [-0.3, -0.25) is 0 Å². The SMILES string of the molecule is CC(C)c1cc(N2CC(Oc3ccc(F)cc3)C2)c2nncn2n1. The second-order valence-electron chi connectivity index (χ2n) is 6.31. The Hall–Kier alpha value is -2.70. The Balaban J connectivity index is 1.51. The first-order valence-corrected chi connectivity index (χ1v) is 7.98. The van der Waals surface area contributed by atoms with E-state index in [2.05, 4.69) is 40.1 Å². The van der Waals surface area contributed by atoms with Gasteiger partial charge in [0.15, 0.2) is 0 Å². The zero-order chi connectivity index (χ0) is 16.7. The van der Waals surface area contributed by atoms with E-state index in [1.807, 2.05) is 0 Å². The van der Waals surface area contributed by atoms with Crippen LogP contribution < -0.4 is 9.64 Å². The van der Waals surface area contributed by atoms with Crippen molar-refractivity contribution in [2.24, 2.45) is 0 Å². The lowest BCUT2D eigenvalue weighted by atomic mass is 10.1. The Bertz CT molecular complexity index is 855. The number of fused-ring (bicyclic) bond motifs is 1. The highest BCUT2D eigenvalue weighted by Crippen LogP contribution is 2.29. The number of rotatable bonds is 4. The Morgan fingerprint density at radius 3 is 2.67 bits per heavy atom. The minimum absolute atomic E-state index is 0.0779. The van der Waals surface area contributed by atoms with Gasteiger partial charge in [0, 0.05) is 0 Å². The van der Waals surface area contributed by atoms with Crippen LogP contribution in [-0.4, -0.2) is 39.0 Å². The molecule has 0 radical (unpaired) electrons. The molecule has 1 aliphatic rings. The van der Waals surface area contributed by atoms with E-state index in [0.717, 1.165) is 30.1 Å². The molecule has 0 amide bonds. The maximum absolute atomic E-state index is 12.9. The van der Waals surface area contributed by atoms with Gasteiger partial charge in [0.05, 0.1) is 24.5 Å². The highest BCUT2D eigenvalue weighted by atomic mass is 19.1. The van der Waals surface area contributed by atoms with Crippen LogP contribution in [0, 0.1) is 5.82 Å². The third-order valence-corrected chi connectivity index (χ3v) is 4.16. The maximum Gasteiger partial charge on any atom is 0.200 e. The molecule has 1 saturated heterocycles. The van der Waals surface area contributed by atoms with Crippen LogP contribution in [0.2, 0.25) is 0 Å². The molecule has 1 fully saturated rings. The summed E-state index contributed by atoms with van der Waals surface area (Å²) in [5.41, 5.74) is 2.77. The summed E-state index contributed by atoms with van der Waals surface area (Å²) in [4.78, 5) is 2.20. The molecule has 6 nitrogen and oxygen atoms in total. The van der Waals surface area contributed by atoms with Gasteiger partial charge in [-0.25, -0.2) is 4.39 Å². The van der Waals surface area contributed by atoms with Gasteiger partial charge in [-0.15, -0.1) is 10.2 Å². The standard InChI is InChI=1S/C17H18FN5O/c1-11(2)15-7-16(17-20-19-10-23(17)21-15)22-8-14(9-22)24-13-5-3-12(18)4-6-13/h3-7,10-11,14H,8-9H2,1-2H3. The number of hydrogen-bond donors (Lipinski definition) is 0. The quantitative estimate of drug-likeness (QED) is 0.737. The fourth-order valence-electron chi connectivity index (χ4n) is 2.76. The van der Waals surface area contributed by atoms with E-state index in [1.165, 1.54) is 12.1 Å². The molecule has 0 aliphatic carbocycles. The molecule has 0 atom stereocenters. The second-order valence-corrected chi connectivity index (χ2v) is 6.31. The first-order valence-electron chi connectivity index (χ1n) is 7.98. The number of nitrogens with zero attached hydrogens (tertiary/aromatic N) is 5. The van der Waals surface area contributed by atoms with Gasteiger partial charge in [0.25, 0.3) is 0 Å². The molecule has 3 aromatic rings. The first-order chi connectivity index (χ1) is 11.6. The summed E-state index contributed by atoms with van der Waals surface area (Å²) in [6, 6.07) is 8.19. The van der Waals surface area contributed by atoms with E-state index < -0.39 is 0 Å². The summed E-state index contributed by atoms with van der Waals surface area (Å²) in [5, 5.41) is 12.7. The molecule has 24 heavy (non-hydrogen) atoms. The van der Waals surface area contributed by atoms with Crippen LogP contribution in [0.1, 0.15) is 25.5 Å². The molecule has 124 valence electrons. The van der Waals surface area contributed by atoms with Crippen LogP contribution >= 0.6 is 0 Å². The smallest absolute Gasteiger partial charge is 0.200 e. The van der Waals surface area contributed by atoms with Gasteiger partial charge >= 0.3 is 0 Å². The van der Waals surface area contributed by atoms with E-state index in [9.17, 15) is 4.39 Å². The highest BCUT2D eigenvalue weighted by molar-refractivity contribution is 5.69. The Morgan fingerprint density at radius 2 is 1.96 bits per heavy atom. The monoisotopic (exact) mass is 327 g/mol. The predicted octanol–water partition coefficient (Wildman–Crippen LogP) is 2.65. The molecule has 7 heteroatoms. The minimum Gasteiger partial charge on any atom is -0.487 e. The third-order valence-electron chi connectivity index (χ3n) is 4.16. The largest absolute Gasteiger partial charge is 0.487 e. The molecule has 3 heterocycles. The first kappa shape index (κ1) is 14.9. The Kier molecular flexibility index (Phi) is 3.55. The van der Waals surface area contributed by atoms with E-state index in [4.69, 9.17) is 4.74 Å². The molecule has 4 rings (SSSR count). The fraction of sp³-hybridized carbons (Fsp3) is 0.353. The molecule has 0 spiro atoms. The lowest BCUT2D eigenvalue weighted by molar-refractivity contribution is 0.167. The average molecular weight is 327 g/mol. The lowest BCUT2D eigenvalue weighted by Gasteiger charge is -2.40. The van der Waals surface area contributed by atoms with Crippen molar-refractivity contribution in [3.63, 3.8) is 0 Å². The number of anilines is 1.